The molecule has 0 unspecified atom stereocenters. The molecule has 2 aliphatic rings. The highest BCUT2D eigenvalue weighted by Gasteiger charge is 2.25. The van der Waals surface area contributed by atoms with Crippen LogP contribution in [-0.4, -0.2) is 16.7 Å². The molecule has 1 amide bonds. The number of aromatic nitrogens is 1. The number of rotatable bonds is 2. The Morgan fingerprint density at radius 1 is 1.17 bits per heavy atom. The second kappa shape index (κ2) is 5.23. The molecule has 0 radical (unpaired) electrons. The number of H-pyrrole nitrogens is 1. The van der Waals surface area contributed by atoms with Crippen molar-refractivity contribution >= 4 is 29.0 Å². The Bertz CT molecular complexity index is 835. The quantitative estimate of drug-likeness (QED) is 0.658. The Hall–Kier alpha value is -2.62. The molecule has 1 aliphatic heterocycles. The number of aromatic amines is 1. The number of fused-ring (bicyclic) bond motifs is 2. The summed E-state index contributed by atoms with van der Waals surface area (Å²) in [5, 5.41) is 2.86. The molecule has 0 bridgehead atoms. The highest BCUT2D eigenvalue weighted by molar-refractivity contribution is 6.35. The number of ketones is 1. The predicted octanol–water partition coefficient (Wildman–Crippen LogP) is 3.59. The average molecular weight is 306 g/mol. The molecule has 0 fully saturated rings. The van der Waals surface area contributed by atoms with E-state index >= 15 is 0 Å². The van der Waals surface area contributed by atoms with Gasteiger partial charge in [-0.15, -0.1) is 0 Å². The third-order valence-electron chi connectivity index (χ3n) is 4.64. The summed E-state index contributed by atoms with van der Waals surface area (Å²) in [5.74, 6) is -0.116. The maximum Gasteiger partial charge on any atom is 0.256 e. The minimum Gasteiger partial charge on any atom is -0.359 e. The highest BCUT2D eigenvalue weighted by atomic mass is 16.2. The van der Waals surface area contributed by atoms with Crippen LogP contribution in [0, 0.1) is 0 Å². The van der Waals surface area contributed by atoms with E-state index in [4.69, 9.17) is 0 Å². The van der Waals surface area contributed by atoms with Crippen LogP contribution in [0.1, 0.15) is 52.6 Å². The molecular formula is C19H18N2O2. The van der Waals surface area contributed by atoms with Gasteiger partial charge < -0.3 is 10.3 Å². The summed E-state index contributed by atoms with van der Waals surface area (Å²) in [4.78, 5) is 27.3. The molecule has 2 N–H and O–H groups in total. The molecule has 116 valence electrons. The molecule has 4 nitrogen and oxygen atoms in total. The van der Waals surface area contributed by atoms with Crippen molar-refractivity contribution in [2.24, 2.45) is 0 Å². The zero-order chi connectivity index (χ0) is 16.0. The van der Waals surface area contributed by atoms with Crippen LogP contribution < -0.4 is 5.32 Å². The van der Waals surface area contributed by atoms with Gasteiger partial charge in [-0.1, -0.05) is 0 Å². The van der Waals surface area contributed by atoms with Crippen molar-refractivity contribution in [3.8, 4) is 0 Å². The molecule has 1 aromatic heterocycles. The van der Waals surface area contributed by atoms with Crippen LogP contribution in [0.15, 0.2) is 24.3 Å². The van der Waals surface area contributed by atoms with Gasteiger partial charge in [0.05, 0.1) is 5.57 Å². The summed E-state index contributed by atoms with van der Waals surface area (Å²) in [6.07, 6.45) is 6.52. The Kier molecular flexibility index (Phi) is 3.18. The molecular weight excluding hydrogens is 288 g/mol. The molecule has 0 atom stereocenters. The lowest BCUT2D eigenvalue weighted by atomic mass is 9.98. The fourth-order valence-electron chi connectivity index (χ4n) is 3.41. The maximum atomic E-state index is 12.3. The van der Waals surface area contributed by atoms with Crippen LogP contribution in [0.2, 0.25) is 0 Å². The Balaban J connectivity index is 1.77. The first-order valence-electron chi connectivity index (χ1n) is 8.01. The first-order chi connectivity index (χ1) is 11.1. The number of amides is 1. The molecule has 23 heavy (non-hydrogen) atoms. The number of carbonyl (C=O) groups is 2. The van der Waals surface area contributed by atoms with Gasteiger partial charge in [-0.25, -0.2) is 0 Å². The summed E-state index contributed by atoms with van der Waals surface area (Å²) in [7, 11) is 0. The number of hydrogen-bond acceptors (Lipinski definition) is 2. The van der Waals surface area contributed by atoms with E-state index in [-0.39, 0.29) is 11.7 Å². The van der Waals surface area contributed by atoms with Crippen LogP contribution in [-0.2, 0) is 17.6 Å². The van der Waals surface area contributed by atoms with E-state index in [1.54, 1.807) is 18.2 Å². The lowest BCUT2D eigenvalue weighted by Crippen LogP contribution is -2.03. The standard InChI is InChI=1S/C19H18N2O2/c1-11(22)12-6-7-18-15(9-12)16(19(23)21-18)10-14-8-13-4-2-3-5-17(13)20-14/h6-10,20H,2-5H2,1H3,(H,21,23). The van der Waals surface area contributed by atoms with Gasteiger partial charge in [-0.2, -0.15) is 0 Å². The first-order valence-corrected chi connectivity index (χ1v) is 8.01. The van der Waals surface area contributed by atoms with Crippen LogP contribution in [0.3, 0.4) is 0 Å². The number of benzene rings is 1. The van der Waals surface area contributed by atoms with Gasteiger partial charge in [-0.05, 0) is 68.5 Å². The number of aryl methyl sites for hydroxylation is 2. The van der Waals surface area contributed by atoms with Gasteiger partial charge in [0.1, 0.15) is 0 Å². The van der Waals surface area contributed by atoms with Crippen LogP contribution in [0.25, 0.3) is 11.6 Å². The summed E-state index contributed by atoms with van der Waals surface area (Å²) < 4.78 is 0. The van der Waals surface area contributed by atoms with E-state index in [9.17, 15) is 9.59 Å². The number of anilines is 1. The Morgan fingerprint density at radius 3 is 2.78 bits per heavy atom. The van der Waals surface area contributed by atoms with Gasteiger partial charge in [0, 0.05) is 28.2 Å². The molecule has 2 heterocycles. The van der Waals surface area contributed by atoms with Crippen molar-refractivity contribution in [2.45, 2.75) is 32.6 Å². The Labute approximate surface area is 134 Å². The van der Waals surface area contributed by atoms with Crippen molar-refractivity contribution in [1.82, 2.24) is 4.98 Å². The predicted molar refractivity (Wildman–Crippen MR) is 90.4 cm³/mol. The molecule has 4 heteroatoms. The van der Waals surface area contributed by atoms with Crippen molar-refractivity contribution in [2.75, 3.05) is 5.32 Å². The van der Waals surface area contributed by atoms with Crippen molar-refractivity contribution in [3.63, 3.8) is 0 Å². The van der Waals surface area contributed by atoms with Gasteiger partial charge in [0.25, 0.3) is 5.91 Å². The third-order valence-corrected chi connectivity index (χ3v) is 4.64. The lowest BCUT2D eigenvalue weighted by molar-refractivity contribution is -0.110. The van der Waals surface area contributed by atoms with Crippen LogP contribution >= 0.6 is 0 Å². The number of Topliss-reactive ketones (excluding diaryl/α,β-unsaturated/α-hetero) is 1. The monoisotopic (exact) mass is 306 g/mol. The molecule has 4 rings (SSSR count). The second-order valence-electron chi connectivity index (χ2n) is 6.26. The SMILES string of the molecule is CC(=O)c1ccc2c(c1)C(=Cc1cc3c([nH]1)CCCC3)C(=O)N2. The minimum atomic E-state index is -0.117. The molecule has 1 aromatic carbocycles. The number of carbonyl (C=O) groups excluding carboxylic acids is 2. The topological polar surface area (TPSA) is 62.0 Å². The zero-order valence-corrected chi connectivity index (χ0v) is 13.0. The third kappa shape index (κ3) is 2.40. The van der Waals surface area contributed by atoms with Gasteiger partial charge in [-0.3, -0.25) is 9.59 Å². The van der Waals surface area contributed by atoms with E-state index in [1.807, 2.05) is 6.08 Å². The largest absolute Gasteiger partial charge is 0.359 e. The Morgan fingerprint density at radius 2 is 2.00 bits per heavy atom. The van der Waals surface area contributed by atoms with Crippen LogP contribution in [0.4, 0.5) is 5.69 Å². The van der Waals surface area contributed by atoms with Crippen molar-refractivity contribution < 1.29 is 9.59 Å². The highest BCUT2D eigenvalue weighted by Crippen LogP contribution is 2.34. The van der Waals surface area contributed by atoms with E-state index in [2.05, 4.69) is 16.4 Å². The summed E-state index contributed by atoms with van der Waals surface area (Å²) >= 11 is 0. The molecule has 1 aliphatic carbocycles. The van der Waals surface area contributed by atoms with E-state index < -0.39 is 0 Å². The smallest absolute Gasteiger partial charge is 0.256 e. The molecule has 0 spiro atoms. The van der Waals surface area contributed by atoms with Crippen LogP contribution in [0.5, 0.6) is 0 Å². The van der Waals surface area contributed by atoms with Gasteiger partial charge in [0.15, 0.2) is 5.78 Å². The fourth-order valence-corrected chi connectivity index (χ4v) is 3.41. The van der Waals surface area contributed by atoms with E-state index in [0.717, 1.165) is 29.8 Å². The van der Waals surface area contributed by atoms with E-state index in [0.29, 0.717) is 11.1 Å². The normalized spacial score (nSPS) is 17.8. The lowest BCUT2D eigenvalue weighted by Gasteiger charge is -2.08. The van der Waals surface area contributed by atoms with Gasteiger partial charge >= 0.3 is 0 Å². The second-order valence-corrected chi connectivity index (χ2v) is 6.26. The maximum absolute atomic E-state index is 12.3. The van der Waals surface area contributed by atoms with Crippen molar-refractivity contribution in [3.05, 3.63) is 52.3 Å². The summed E-state index contributed by atoms with van der Waals surface area (Å²) in [6, 6.07) is 7.48. The van der Waals surface area contributed by atoms with E-state index in [1.165, 1.54) is 31.0 Å². The fraction of sp³-hybridized carbons (Fsp3) is 0.263. The summed E-state index contributed by atoms with van der Waals surface area (Å²) in [5.41, 5.74) is 6.41. The molecule has 0 saturated carbocycles. The zero-order valence-electron chi connectivity index (χ0n) is 13.0. The van der Waals surface area contributed by atoms with Crippen molar-refractivity contribution in [1.29, 1.82) is 0 Å². The average Bonchev–Trinajstić information content (AvgIpc) is 3.08. The number of hydrogen-bond donors (Lipinski definition) is 2. The molecule has 0 saturated heterocycles. The minimum absolute atomic E-state index is 0.00170. The van der Waals surface area contributed by atoms with Gasteiger partial charge in [0.2, 0.25) is 0 Å². The summed E-state index contributed by atoms with van der Waals surface area (Å²) in [6.45, 7) is 1.54. The first kappa shape index (κ1) is 14.0. The number of nitrogens with one attached hydrogen (secondary N) is 2. The molecule has 2 aromatic rings.